The van der Waals surface area contributed by atoms with Gasteiger partial charge in [-0.25, -0.2) is 0 Å². The lowest BCUT2D eigenvalue weighted by Gasteiger charge is -2.12. The zero-order valence-corrected chi connectivity index (χ0v) is 6.81. The summed E-state index contributed by atoms with van der Waals surface area (Å²) in [6.07, 6.45) is 4.90. The van der Waals surface area contributed by atoms with Crippen LogP contribution in [0.15, 0.2) is 30.3 Å². The fourth-order valence-corrected chi connectivity index (χ4v) is 1.49. The van der Waals surface area contributed by atoms with Gasteiger partial charge in [-0.1, -0.05) is 36.4 Å². The first-order valence-electron chi connectivity index (χ1n) is 3.63. The molecular formula is C10H8Cl. The molecule has 0 saturated heterocycles. The van der Waals surface area contributed by atoms with Crippen molar-refractivity contribution in [2.45, 2.75) is 6.42 Å². The van der Waals surface area contributed by atoms with Crippen LogP contribution in [0.25, 0.3) is 6.08 Å². The molecule has 0 saturated carbocycles. The molecule has 0 amide bonds. The van der Waals surface area contributed by atoms with E-state index in [0.717, 1.165) is 11.8 Å². The number of hydrogen-bond donors (Lipinski definition) is 0. The molecular weight excluding hydrogens is 156 g/mol. The van der Waals surface area contributed by atoms with Gasteiger partial charge in [0.05, 0.1) is 5.38 Å². The highest BCUT2D eigenvalue weighted by molar-refractivity contribution is 6.29. The Labute approximate surface area is 71.5 Å². The molecule has 1 aliphatic rings. The highest BCUT2D eigenvalue weighted by Crippen LogP contribution is 2.25. The molecule has 0 bridgehead atoms. The van der Waals surface area contributed by atoms with Gasteiger partial charge in [0.15, 0.2) is 0 Å². The molecule has 0 atom stereocenters. The van der Waals surface area contributed by atoms with E-state index in [1.165, 1.54) is 11.1 Å². The molecule has 0 fully saturated rings. The van der Waals surface area contributed by atoms with E-state index in [-0.39, 0.29) is 0 Å². The lowest BCUT2D eigenvalue weighted by molar-refractivity contribution is 1.13. The molecule has 55 valence electrons. The van der Waals surface area contributed by atoms with E-state index < -0.39 is 0 Å². The van der Waals surface area contributed by atoms with E-state index in [2.05, 4.69) is 18.2 Å². The third-order valence-electron chi connectivity index (χ3n) is 1.86. The molecule has 0 heterocycles. The van der Waals surface area contributed by atoms with Crippen molar-refractivity contribution >= 4 is 17.7 Å². The molecule has 0 spiro atoms. The number of hydrogen-bond acceptors (Lipinski definition) is 0. The topological polar surface area (TPSA) is 0 Å². The quantitative estimate of drug-likeness (QED) is 0.552. The maximum absolute atomic E-state index is 5.87. The van der Waals surface area contributed by atoms with Gasteiger partial charge in [-0.3, -0.25) is 0 Å². The zero-order chi connectivity index (χ0) is 7.68. The van der Waals surface area contributed by atoms with Crippen molar-refractivity contribution in [1.29, 1.82) is 0 Å². The summed E-state index contributed by atoms with van der Waals surface area (Å²) in [5, 5.41) is 0.920. The Balaban J connectivity index is 2.46. The van der Waals surface area contributed by atoms with Crippen molar-refractivity contribution in [2.24, 2.45) is 0 Å². The van der Waals surface area contributed by atoms with Crippen LogP contribution in [0.4, 0.5) is 0 Å². The largest absolute Gasteiger partial charge is 0.112 e. The van der Waals surface area contributed by atoms with E-state index in [1.54, 1.807) is 0 Å². The zero-order valence-electron chi connectivity index (χ0n) is 6.05. The summed E-state index contributed by atoms with van der Waals surface area (Å²) in [5.41, 5.74) is 2.61. The lowest BCUT2D eigenvalue weighted by Crippen LogP contribution is -1.98. The second kappa shape index (κ2) is 2.71. The number of benzene rings is 1. The number of rotatable bonds is 0. The van der Waals surface area contributed by atoms with Crippen LogP contribution in [0.2, 0.25) is 0 Å². The second-order valence-corrected chi connectivity index (χ2v) is 3.14. The molecule has 1 radical (unpaired) electrons. The van der Waals surface area contributed by atoms with Crippen LogP contribution < -0.4 is 0 Å². The standard InChI is InChI=1S/C10H8Cl/c11-10-6-5-8-3-1-2-4-9(8)7-10/h1-6H,7H2. The molecule has 1 aromatic rings. The van der Waals surface area contributed by atoms with Gasteiger partial charge < -0.3 is 0 Å². The van der Waals surface area contributed by atoms with Crippen LogP contribution in [0, 0.1) is 5.38 Å². The van der Waals surface area contributed by atoms with Crippen LogP contribution >= 0.6 is 11.6 Å². The molecule has 1 aliphatic carbocycles. The summed E-state index contributed by atoms with van der Waals surface area (Å²) in [5.74, 6) is 0. The Morgan fingerprint density at radius 2 is 1.91 bits per heavy atom. The van der Waals surface area contributed by atoms with Gasteiger partial charge in [0.1, 0.15) is 0 Å². The van der Waals surface area contributed by atoms with E-state index in [4.69, 9.17) is 11.6 Å². The highest BCUT2D eigenvalue weighted by Gasteiger charge is 2.10. The number of halogens is 1. The van der Waals surface area contributed by atoms with Crippen LogP contribution in [0.3, 0.4) is 0 Å². The van der Waals surface area contributed by atoms with Gasteiger partial charge in [-0.05, 0) is 17.5 Å². The Morgan fingerprint density at radius 1 is 1.09 bits per heavy atom. The third kappa shape index (κ3) is 1.31. The summed E-state index contributed by atoms with van der Waals surface area (Å²) >= 11 is 5.87. The summed E-state index contributed by atoms with van der Waals surface area (Å²) < 4.78 is 0. The Kier molecular flexibility index (Phi) is 1.71. The van der Waals surface area contributed by atoms with E-state index in [1.807, 2.05) is 18.2 Å². The van der Waals surface area contributed by atoms with Crippen molar-refractivity contribution in [3.05, 3.63) is 46.8 Å². The first-order chi connectivity index (χ1) is 5.36. The highest BCUT2D eigenvalue weighted by atomic mass is 35.5. The van der Waals surface area contributed by atoms with Crippen molar-refractivity contribution < 1.29 is 0 Å². The monoisotopic (exact) mass is 163 g/mol. The average molecular weight is 164 g/mol. The minimum absolute atomic E-state index is 0.883. The maximum Gasteiger partial charge on any atom is 0.0899 e. The van der Waals surface area contributed by atoms with Crippen molar-refractivity contribution in [2.75, 3.05) is 0 Å². The summed E-state index contributed by atoms with van der Waals surface area (Å²) in [6, 6.07) is 8.31. The lowest BCUT2D eigenvalue weighted by atomic mass is 9.97. The summed E-state index contributed by atoms with van der Waals surface area (Å²) in [4.78, 5) is 0. The van der Waals surface area contributed by atoms with Gasteiger partial charge >= 0.3 is 0 Å². The van der Waals surface area contributed by atoms with Crippen LogP contribution in [-0.2, 0) is 6.42 Å². The summed E-state index contributed by atoms with van der Waals surface area (Å²) in [6.45, 7) is 0. The predicted octanol–water partition coefficient (Wildman–Crippen LogP) is 3.03. The second-order valence-electron chi connectivity index (χ2n) is 2.66. The molecule has 11 heavy (non-hydrogen) atoms. The molecule has 0 nitrogen and oxygen atoms in total. The maximum atomic E-state index is 5.87. The average Bonchev–Trinajstić information content (AvgIpc) is 2.04. The molecule has 1 aromatic carbocycles. The van der Waals surface area contributed by atoms with Crippen LogP contribution in [-0.4, -0.2) is 0 Å². The van der Waals surface area contributed by atoms with Gasteiger partial charge in [0.25, 0.3) is 0 Å². The van der Waals surface area contributed by atoms with Gasteiger partial charge in [-0.15, -0.1) is 11.6 Å². The van der Waals surface area contributed by atoms with Crippen molar-refractivity contribution in [3.8, 4) is 0 Å². The molecule has 0 N–H and O–H groups in total. The van der Waals surface area contributed by atoms with Crippen LogP contribution in [0.1, 0.15) is 11.1 Å². The smallest absolute Gasteiger partial charge is 0.0899 e. The number of fused-ring (bicyclic) bond motifs is 1. The Morgan fingerprint density at radius 3 is 2.82 bits per heavy atom. The molecule has 0 aliphatic heterocycles. The predicted molar refractivity (Wildman–Crippen MR) is 48.3 cm³/mol. The normalized spacial score (nSPS) is 16.5. The van der Waals surface area contributed by atoms with E-state index >= 15 is 0 Å². The first-order valence-corrected chi connectivity index (χ1v) is 4.01. The van der Waals surface area contributed by atoms with Crippen molar-refractivity contribution in [1.82, 2.24) is 0 Å². The van der Waals surface area contributed by atoms with Gasteiger partial charge in [0.2, 0.25) is 0 Å². The van der Waals surface area contributed by atoms with Crippen LogP contribution in [0.5, 0.6) is 0 Å². The van der Waals surface area contributed by atoms with Gasteiger partial charge in [-0.2, -0.15) is 0 Å². The molecule has 0 unspecified atom stereocenters. The van der Waals surface area contributed by atoms with Crippen molar-refractivity contribution in [3.63, 3.8) is 0 Å². The molecule has 1 heteroatoms. The third-order valence-corrected chi connectivity index (χ3v) is 2.12. The van der Waals surface area contributed by atoms with Gasteiger partial charge in [0, 0.05) is 0 Å². The summed E-state index contributed by atoms with van der Waals surface area (Å²) in [7, 11) is 0. The first kappa shape index (κ1) is 6.93. The fraction of sp³-hybridized carbons (Fsp3) is 0.100. The fourth-order valence-electron chi connectivity index (χ4n) is 1.28. The number of allylic oxidation sites excluding steroid dienone is 1. The molecule has 2 rings (SSSR count). The minimum Gasteiger partial charge on any atom is -0.112 e. The minimum atomic E-state index is 0.883. The Bertz CT molecular complexity index is 289. The Hall–Kier alpha value is -0.750. The van der Waals surface area contributed by atoms with E-state index in [0.29, 0.717) is 0 Å². The molecule has 0 aromatic heterocycles. The SMILES string of the molecule is Cl[C]1C=Cc2ccccc2C1. The van der Waals surface area contributed by atoms with E-state index in [9.17, 15) is 0 Å².